The molecule has 0 unspecified atom stereocenters. The van der Waals surface area contributed by atoms with Gasteiger partial charge < -0.3 is 10.5 Å². The van der Waals surface area contributed by atoms with Gasteiger partial charge in [0, 0.05) is 6.20 Å². The van der Waals surface area contributed by atoms with Crippen molar-refractivity contribution < 1.29 is 17.9 Å². The molecule has 0 amide bonds. The maximum atomic E-state index is 12.9. The normalized spacial score (nSPS) is 11.1. The van der Waals surface area contributed by atoms with Crippen LogP contribution in [0, 0.1) is 11.3 Å². The van der Waals surface area contributed by atoms with Crippen LogP contribution < -0.4 is 10.5 Å². The van der Waals surface area contributed by atoms with Crippen LogP contribution in [0.2, 0.25) is 0 Å². The zero-order valence-electron chi connectivity index (χ0n) is 10.8. The van der Waals surface area contributed by atoms with Gasteiger partial charge in [-0.15, -0.1) is 0 Å². The Bertz CT molecular complexity index is 673. The summed E-state index contributed by atoms with van der Waals surface area (Å²) in [4.78, 5) is 0. The molecule has 0 bridgehead atoms. The van der Waals surface area contributed by atoms with Crippen molar-refractivity contribution in [3.8, 4) is 11.8 Å². The average molecular weight is 296 g/mol. The Morgan fingerprint density at radius 2 is 2.10 bits per heavy atom. The summed E-state index contributed by atoms with van der Waals surface area (Å²) in [6, 6.07) is 6.42. The Kier molecular flexibility index (Phi) is 4.03. The molecule has 2 rings (SSSR count). The number of nitrogens with zero attached hydrogens (tertiary/aromatic N) is 3. The summed E-state index contributed by atoms with van der Waals surface area (Å²) in [5.41, 5.74) is 4.38. The van der Waals surface area contributed by atoms with E-state index in [9.17, 15) is 13.2 Å². The van der Waals surface area contributed by atoms with Gasteiger partial charge in [-0.25, -0.2) is 0 Å². The Morgan fingerprint density at radius 3 is 2.67 bits per heavy atom. The zero-order chi connectivity index (χ0) is 15.5. The van der Waals surface area contributed by atoms with Crippen molar-refractivity contribution in [2.45, 2.75) is 12.7 Å². The van der Waals surface area contributed by atoms with Crippen LogP contribution in [0.15, 0.2) is 30.5 Å². The topological polar surface area (TPSA) is 76.9 Å². The number of hydrogen-bond donors (Lipinski definition) is 1. The third-order valence-corrected chi connectivity index (χ3v) is 2.65. The number of nitriles is 1. The number of nitrogen functional groups attached to an aromatic ring is 1. The third kappa shape index (κ3) is 3.66. The minimum atomic E-state index is -4.58. The lowest BCUT2D eigenvalue weighted by Crippen LogP contribution is -2.13. The molecular weight excluding hydrogens is 285 g/mol. The van der Waals surface area contributed by atoms with Crippen molar-refractivity contribution >= 4 is 5.82 Å². The Balaban J connectivity index is 2.10. The zero-order valence-corrected chi connectivity index (χ0v) is 10.8. The molecule has 110 valence electrons. The second kappa shape index (κ2) is 5.75. The first kappa shape index (κ1) is 14.7. The number of benzene rings is 1. The molecule has 0 radical (unpaired) electrons. The summed E-state index contributed by atoms with van der Waals surface area (Å²) in [6.45, 7) is 0.255. The molecular formula is C13H11F3N4O. The molecule has 0 fully saturated rings. The molecule has 8 heteroatoms. The molecule has 0 saturated carbocycles. The molecule has 0 aliphatic rings. The second-order valence-electron chi connectivity index (χ2n) is 4.17. The standard InChI is InChI=1S/C13H11F3N4O/c14-13(15,16)10-7-9(8-17)1-2-11(10)21-6-5-20-4-3-12(18)19-20/h1-4,7H,5-6H2,(H2,18,19). The van der Waals surface area contributed by atoms with Crippen LogP contribution in [0.3, 0.4) is 0 Å². The molecule has 21 heavy (non-hydrogen) atoms. The van der Waals surface area contributed by atoms with Crippen LogP contribution in [-0.2, 0) is 12.7 Å². The monoisotopic (exact) mass is 296 g/mol. The first-order chi connectivity index (χ1) is 9.90. The van der Waals surface area contributed by atoms with Gasteiger partial charge in [0.05, 0.1) is 23.7 Å². The first-order valence-electron chi connectivity index (χ1n) is 5.93. The number of rotatable bonds is 4. The molecule has 1 aromatic carbocycles. The summed E-state index contributed by atoms with van der Waals surface area (Å²) in [7, 11) is 0. The second-order valence-corrected chi connectivity index (χ2v) is 4.17. The van der Waals surface area contributed by atoms with Gasteiger partial charge in [-0.2, -0.15) is 23.5 Å². The Morgan fingerprint density at radius 1 is 1.33 bits per heavy atom. The van der Waals surface area contributed by atoms with E-state index in [0.29, 0.717) is 5.82 Å². The number of halogens is 3. The van der Waals surface area contributed by atoms with Gasteiger partial charge in [0.2, 0.25) is 0 Å². The fourth-order valence-electron chi connectivity index (χ4n) is 1.70. The number of nitrogens with two attached hydrogens (primary N) is 1. The summed E-state index contributed by atoms with van der Waals surface area (Å²) < 4.78 is 45.3. The van der Waals surface area contributed by atoms with Crippen molar-refractivity contribution in [3.05, 3.63) is 41.6 Å². The quantitative estimate of drug-likeness (QED) is 0.940. The molecule has 1 aromatic heterocycles. The fraction of sp³-hybridized carbons (Fsp3) is 0.231. The highest BCUT2D eigenvalue weighted by atomic mass is 19.4. The minimum Gasteiger partial charge on any atom is -0.491 e. The highest BCUT2D eigenvalue weighted by molar-refractivity contribution is 5.43. The molecule has 2 N–H and O–H groups in total. The van der Waals surface area contributed by atoms with Crippen LogP contribution in [0.1, 0.15) is 11.1 Å². The highest BCUT2D eigenvalue weighted by Gasteiger charge is 2.34. The van der Waals surface area contributed by atoms with Gasteiger partial charge >= 0.3 is 6.18 Å². The average Bonchev–Trinajstić information content (AvgIpc) is 2.83. The minimum absolute atomic E-state index is 0.00387. The number of ether oxygens (including phenoxy) is 1. The molecule has 1 heterocycles. The van der Waals surface area contributed by atoms with Crippen molar-refractivity contribution in [1.82, 2.24) is 9.78 Å². The van der Waals surface area contributed by atoms with E-state index in [0.717, 1.165) is 12.1 Å². The van der Waals surface area contributed by atoms with Crippen LogP contribution in [0.4, 0.5) is 19.0 Å². The smallest absolute Gasteiger partial charge is 0.420 e. The molecule has 0 aliphatic carbocycles. The summed E-state index contributed by atoms with van der Waals surface area (Å²) >= 11 is 0. The third-order valence-electron chi connectivity index (χ3n) is 2.65. The van der Waals surface area contributed by atoms with E-state index in [2.05, 4.69) is 5.10 Å². The van der Waals surface area contributed by atoms with Crippen LogP contribution in [-0.4, -0.2) is 16.4 Å². The SMILES string of the molecule is N#Cc1ccc(OCCn2ccc(N)n2)c(C(F)(F)F)c1. The molecule has 5 nitrogen and oxygen atoms in total. The molecule has 0 saturated heterocycles. The number of anilines is 1. The van der Waals surface area contributed by atoms with E-state index >= 15 is 0 Å². The van der Waals surface area contributed by atoms with E-state index in [-0.39, 0.29) is 24.5 Å². The molecule has 0 spiro atoms. The summed E-state index contributed by atoms with van der Waals surface area (Å²) in [5, 5.41) is 12.6. The van der Waals surface area contributed by atoms with Gasteiger partial charge in [0.1, 0.15) is 18.2 Å². The van der Waals surface area contributed by atoms with Crippen molar-refractivity contribution in [1.29, 1.82) is 5.26 Å². The lowest BCUT2D eigenvalue weighted by molar-refractivity contribution is -0.139. The van der Waals surface area contributed by atoms with E-state index in [1.807, 2.05) is 0 Å². The van der Waals surface area contributed by atoms with Gasteiger partial charge in [-0.1, -0.05) is 0 Å². The van der Waals surface area contributed by atoms with Gasteiger partial charge in [0.25, 0.3) is 0 Å². The van der Waals surface area contributed by atoms with Crippen molar-refractivity contribution in [3.63, 3.8) is 0 Å². The van der Waals surface area contributed by atoms with Gasteiger partial charge in [-0.3, -0.25) is 4.68 Å². The molecule has 0 aliphatic heterocycles. The Labute approximate surface area is 118 Å². The maximum absolute atomic E-state index is 12.9. The van der Waals surface area contributed by atoms with E-state index in [1.54, 1.807) is 18.3 Å². The first-order valence-corrected chi connectivity index (χ1v) is 5.93. The van der Waals surface area contributed by atoms with Gasteiger partial charge in [-0.05, 0) is 24.3 Å². The largest absolute Gasteiger partial charge is 0.491 e. The lowest BCUT2D eigenvalue weighted by atomic mass is 10.1. The van der Waals surface area contributed by atoms with E-state index < -0.39 is 11.7 Å². The summed E-state index contributed by atoms with van der Waals surface area (Å²) in [6.07, 6.45) is -2.99. The number of aromatic nitrogens is 2. The van der Waals surface area contributed by atoms with E-state index in [4.69, 9.17) is 15.7 Å². The predicted molar refractivity (Wildman–Crippen MR) is 68.3 cm³/mol. The van der Waals surface area contributed by atoms with Crippen LogP contribution in [0.25, 0.3) is 0 Å². The van der Waals surface area contributed by atoms with Crippen molar-refractivity contribution in [2.75, 3.05) is 12.3 Å². The number of alkyl halides is 3. The van der Waals surface area contributed by atoms with Gasteiger partial charge in [0.15, 0.2) is 0 Å². The highest BCUT2D eigenvalue weighted by Crippen LogP contribution is 2.36. The molecule has 0 atom stereocenters. The predicted octanol–water partition coefficient (Wildman–Crippen LogP) is 2.43. The van der Waals surface area contributed by atoms with E-state index in [1.165, 1.54) is 10.7 Å². The molecule has 2 aromatic rings. The van der Waals surface area contributed by atoms with Crippen LogP contribution in [0.5, 0.6) is 5.75 Å². The maximum Gasteiger partial charge on any atom is 0.420 e. The fourth-order valence-corrected chi connectivity index (χ4v) is 1.70. The summed E-state index contributed by atoms with van der Waals surface area (Å²) in [5.74, 6) is 0.00554. The van der Waals surface area contributed by atoms with Crippen molar-refractivity contribution in [2.24, 2.45) is 0 Å². The Hall–Kier alpha value is -2.69. The van der Waals surface area contributed by atoms with Crippen LogP contribution >= 0.6 is 0 Å². The lowest BCUT2D eigenvalue weighted by Gasteiger charge is -2.14. The number of hydrogen-bond acceptors (Lipinski definition) is 4.